The molecule has 1 saturated heterocycles. The van der Waals surface area contributed by atoms with Crippen molar-refractivity contribution < 1.29 is 9.53 Å². The minimum atomic E-state index is -0.0504. The third-order valence-corrected chi connectivity index (χ3v) is 5.97. The van der Waals surface area contributed by atoms with Crippen molar-refractivity contribution in [3.63, 3.8) is 0 Å². The molecule has 1 aromatic carbocycles. The van der Waals surface area contributed by atoms with E-state index >= 15 is 0 Å². The van der Waals surface area contributed by atoms with E-state index in [2.05, 4.69) is 22.3 Å². The summed E-state index contributed by atoms with van der Waals surface area (Å²) in [5, 5.41) is 7.58. The summed E-state index contributed by atoms with van der Waals surface area (Å²) < 4.78 is 8.92. The maximum atomic E-state index is 12.6. The van der Waals surface area contributed by atoms with Gasteiger partial charge in [0, 0.05) is 42.9 Å². The number of hydrogen-bond acceptors (Lipinski definition) is 5. The van der Waals surface area contributed by atoms with Crippen LogP contribution in [0.5, 0.6) is 0 Å². The summed E-state index contributed by atoms with van der Waals surface area (Å²) in [6, 6.07) is 5.63. The summed E-state index contributed by atoms with van der Waals surface area (Å²) in [4.78, 5) is 16.8. The summed E-state index contributed by atoms with van der Waals surface area (Å²) in [5.74, 6) is 0.207. The van der Waals surface area contributed by atoms with Crippen LogP contribution in [0.2, 0.25) is 0 Å². The molecule has 136 valence electrons. The van der Waals surface area contributed by atoms with Gasteiger partial charge in [-0.05, 0) is 38.5 Å². The smallest absolute Gasteiger partial charge is 0.251 e. The molecule has 1 N–H and O–H groups in total. The van der Waals surface area contributed by atoms with E-state index in [0.717, 1.165) is 33.6 Å². The molecular formula is C19H22N4O2S. The third kappa shape index (κ3) is 3.01. The van der Waals surface area contributed by atoms with E-state index in [1.807, 2.05) is 36.9 Å². The second-order valence-electron chi connectivity index (χ2n) is 6.79. The zero-order valence-electron chi connectivity index (χ0n) is 15.2. The fourth-order valence-electron chi connectivity index (χ4n) is 3.69. The van der Waals surface area contributed by atoms with Gasteiger partial charge in [-0.2, -0.15) is 5.10 Å². The molecule has 2 atom stereocenters. The number of thiazole rings is 1. The number of ether oxygens (including phenoxy) is 1. The first-order valence-electron chi connectivity index (χ1n) is 8.77. The number of rotatable bonds is 4. The molecule has 7 heteroatoms. The lowest BCUT2D eigenvalue weighted by Gasteiger charge is -2.20. The molecule has 4 rings (SSSR count). The van der Waals surface area contributed by atoms with Crippen molar-refractivity contribution in [2.45, 2.75) is 26.4 Å². The van der Waals surface area contributed by atoms with Crippen molar-refractivity contribution in [3.8, 4) is 0 Å². The van der Waals surface area contributed by atoms with E-state index in [9.17, 15) is 4.79 Å². The molecule has 1 aliphatic heterocycles. The monoisotopic (exact) mass is 370 g/mol. The van der Waals surface area contributed by atoms with E-state index in [0.29, 0.717) is 18.7 Å². The molecule has 0 saturated carbocycles. The number of hydrogen-bond donors (Lipinski definition) is 1. The van der Waals surface area contributed by atoms with Gasteiger partial charge in [-0.15, -0.1) is 11.3 Å². The van der Waals surface area contributed by atoms with Gasteiger partial charge in [-0.25, -0.2) is 4.98 Å². The highest BCUT2D eigenvalue weighted by atomic mass is 32.1. The summed E-state index contributed by atoms with van der Waals surface area (Å²) >= 11 is 1.55. The maximum Gasteiger partial charge on any atom is 0.251 e. The Balaban J connectivity index is 1.47. The number of carbonyl (C=O) groups is 1. The van der Waals surface area contributed by atoms with Crippen LogP contribution in [0.3, 0.4) is 0 Å². The second kappa shape index (κ2) is 6.81. The molecule has 0 bridgehead atoms. The number of fused-ring (bicyclic) bond motifs is 1. The molecule has 26 heavy (non-hydrogen) atoms. The minimum absolute atomic E-state index is 0.00650. The lowest BCUT2D eigenvalue weighted by molar-refractivity contribution is 0.0840. The Morgan fingerprint density at radius 3 is 3.04 bits per heavy atom. The Labute approximate surface area is 156 Å². The number of carbonyl (C=O) groups excluding carboxylic acids is 1. The Bertz CT molecular complexity index is 962. The van der Waals surface area contributed by atoms with Crippen LogP contribution in [0.15, 0.2) is 23.7 Å². The van der Waals surface area contributed by atoms with Crippen molar-refractivity contribution in [2.24, 2.45) is 13.0 Å². The molecule has 3 aromatic rings. The van der Waals surface area contributed by atoms with Crippen LogP contribution >= 0.6 is 11.3 Å². The van der Waals surface area contributed by atoms with Gasteiger partial charge in [0.25, 0.3) is 5.91 Å². The average molecular weight is 370 g/mol. The van der Waals surface area contributed by atoms with Crippen LogP contribution in [0, 0.1) is 19.8 Å². The number of nitrogens with one attached hydrogen (secondary N) is 1. The quantitative estimate of drug-likeness (QED) is 0.766. The Morgan fingerprint density at radius 1 is 1.42 bits per heavy atom. The van der Waals surface area contributed by atoms with Crippen molar-refractivity contribution in [1.82, 2.24) is 20.1 Å². The zero-order chi connectivity index (χ0) is 18.3. The standard InChI is InChI=1S/C19H22N4O2S/c1-11-17(12(2)23(3)22-11)18-14(6-7-25-18)9-20-19(24)13-4-5-15-16(8-13)26-10-21-15/h4-5,8,10,14,18H,6-7,9H2,1-3H3,(H,20,24)/t14-,18+/m0/s1. The largest absolute Gasteiger partial charge is 0.373 e. The third-order valence-electron chi connectivity index (χ3n) is 5.18. The zero-order valence-corrected chi connectivity index (χ0v) is 16.0. The van der Waals surface area contributed by atoms with E-state index in [1.54, 1.807) is 16.8 Å². The highest BCUT2D eigenvalue weighted by molar-refractivity contribution is 7.16. The van der Waals surface area contributed by atoms with Crippen LogP contribution in [-0.4, -0.2) is 33.8 Å². The molecule has 0 aliphatic carbocycles. The molecule has 1 amide bonds. The number of aromatic nitrogens is 3. The highest BCUT2D eigenvalue weighted by Gasteiger charge is 2.33. The summed E-state index contributed by atoms with van der Waals surface area (Å²) in [7, 11) is 1.95. The fraction of sp³-hybridized carbons (Fsp3) is 0.421. The predicted molar refractivity (Wildman–Crippen MR) is 101 cm³/mol. The molecule has 0 unspecified atom stereocenters. The predicted octanol–water partition coefficient (Wildman–Crippen LogP) is 3.15. The topological polar surface area (TPSA) is 69.0 Å². The average Bonchev–Trinajstić information content (AvgIpc) is 3.32. The van der Waals surface area contributed by atoms with Crippen molar-refractivity contribution in [3.05, 3.63) is 46.2 Å². The molecule has 6 nitrogen and oxygen atoms in total. The van der Waals surface area contributed by atoms with Gasteiger partial charge >= 0.3 is 0 Å². The first-order chi connectivity index (χ1) is 12.5. The fourth-order valence-corrected chi connectivity index (χ4v) is 4.40. The lowest BCUT2D eigenvalue weighted by Crippen LogP contribution is -2.30. The van der Waals surface area contributed by atoms with Crippen LogP contribution in [0.1, 0.15) is 39.8 Å². The Kier molecular flexibility index (Phi) is 4.50. The van der Waals surface area contributed by atoms with Crippen molar-refractivity contribution in [2.75, 3.05) is 13.2 Å². The van der Waals surface area contributed by atoms with Crippen molar-refractivity contribution >= 4 is 27.5 Å². The van der Waals surface area contributed by atoms with Gasteiger partial charge < -0.3 is 10.1 Å². The Hall–Kier alpha value is -2.25. The van der Waals surface area contributed by atoms with Gasteiger partial charge in [0.1, 0.15) is 0 Å². The number of aryl methyl sites for hydroxylation is 2. The Morgan fingerprint density at radius 2 is 2.27 bits per heavy atom. The first-order valence-corrected chi connectivity index (χ1v) is 9.65. The molecule has 0 radical (unpaired) electrons. The minimum Gasteiger partial charge on any atom is -0.373 e. The summed E-state index contributed by atoms with van der Waals surface area (Å²) in [6.07, 6.45) is 0.931. The summed E-state index contributed by atoms with van der Waals surface area (Å²) in [5.41, 5.74) is 6.69. The van der Waals surface area contributed by atoms with E-state index in [-0.39, 0.29) is 17.9 Å². The van der Waals surface area contributed by atoms with E-state index in [1.165, 1.54) is 0 Å². The number of benzene rings is 1. The first kappa shape index (κ1) is 17.2. The van der Waals surface area contributed by atoms with Crippen LogP contribution in [-0.2, 0) is 11.8 Å². The molecule has 1 aliphatic rings. The molecular weight excluding hydrogens is 348 g/mol. The number of amides is 1. The highest BCUT2D eigenvalue weighted by Crippen LogP contribution is 2.37. The van der Waals surface area contributed by atoms with Gasteiger partial charge in [0.15, 0.2) is 0 Å². The molecule has 0 spiro atoms. The number of nitrogens with zero attached hydrogens (tertiary/aromatic N) is 3. The second-order valence-corrected chi connectivity index (χ2v) is 7.68. The summed E-state index contributed by atoms with van der Waals surface area (Å²) in [6.45, 7) is 5.39. The molecule has 2 aromatic heterocycles. The van der Waals surface area contributed by atoms with Gasteiger partial charge in [0.2, 0.25) is 0 Å². The van der Waals surface area contributed by atoms with Crippen LogP contribution < -0.4 is 5.32 Å². The van der Waals surface area contributed by atoms with Gasteiger partial charge in [-0.1, -0.05) is 0 Å². The van der Waals surface area contributed by atoms with Gasteiger partial charge in [-0.3, -0.25) is 9.48 Å². The molecule has 3 heterocycles. The molecule has 1 fully saturated rings. The maximum absolute atomic E-state index is 12.6. The van der Waals surface area contributed by atoms with Crippen molar-refractivity contribution in [1.29, 1.82) is 0 Å². The van der Waals surface area contributed by atoms with E-state index in [4.69, 9.17) is 4.74 Å². The van der Waals surface area contributed by atoms with E-state index < -0.39 is 0 Å². The lowest BCUT2D eigenvalue weighted by atomic mass is 9.94. The van der Waals surface area contributed by atoms with Crippen LogP contribution in [0.25, 0.3) is 10.2 Å². The van der Waals surface area contributed by atoms with Gasteiger partial charge in [0.05, 0.1) is 27.5 Å². The normalized spacial score (nSPS) is 20.0. The van der Waals surface area contributed by atoms with Crippen LogP contribution in [0.4, 0.5) is 0 Å². The SMILES string of the molecule is Cc1nn(C)c(C)c1[C@@H]1OCC[C@H]1CNC(=O)c1ccc2ncsc2c1.